The summed E-state index contributed by atoms with van der Waals surface area (Å²) in [6.45, 7) is 1.83. The van der Waals surface area contributed by atoms with Crippen LogP contribution in [0.25, 0.3) is 0 Å². The number of amides is 1. The fourth-order valence-electron chi connectivity index (χ4n) is 1.86. The molecule has 0 saturated carbocycles. The Morgan fingerprint density at radius 2 is 2.05 bits per heavy atom. The number of nitrogens with zero attached hydrogens (tertiary/aromatic N) is 1. The van der Waals surface area contributed by atoms with Crippen LogP contribution in [0.3, 0.4) is 0 Å². The van der Waals surface area contributed by atoms with E-state index in [1.807, 2.05) is 37.3 Å². The smallest absolute Gasteiger partial charge is 0.258 e. The molecule has 0 aliphatic heterocycles. The number of carbonyl (C=O) groups is 1. The van der Waals surface area contributed by atoms with Crippen molar-refractivity contribution in [2.45, 2.75) is 13.0 Å². The van der Waals surface area contributed by atoms with Crippen molar-refractivity contribution in [3.05, 3.63) is 58.9 Å². The molecule has 1 unspecified atom stereocenters. The molecule has 20 heavy (non-hydrogen) atoms. The summed E-state index contributed by atoms with van der Waals surface area (Å²) in [5.41, 5.74) is 2.19. The van der Waals surface area contributed by atoms with Gasteiger partial charge in [-0.3, -0.25) is 4.79 Å². The highest BCUT2D eigenvalue weighted by molar-refractivity contribution is 6.30. The van der Waals surface area contributed by atoms with Gasteiger partial charge in [0.15, 0.2) is 6.10 Å². The first-order valence-electron chi connectivity index (χ1n) is 6.12. The summed E-state index contributed by atoms with van der Waals surface area (Å²) in [5, 5.41) is 3.20. The molecule has 0 spiro atoms. The number of rotatable bonds is 4. The Morgan fingerprint density at radius 1 is 1.35 bits per heavy atom. The molecule has 0 aliphatic carbocycles. The first-order valence-corrected chi connectivity index (χ1v) is 6.50. The van der Waals surface area contributed by atoms with Gasteiger partial charge >= 0.3 is 0 Å². The topological polar surface area (TPSA) is 51.2 Å². The third-order valence-corrected chi connectivity index (χ3v) is 3.25. The van der Waals surface area contributed by atoms with Crippen LogP contribution in [0.5, 0.6) is 0 Å². The van der Waals surface area contributed by atoms with Gasteiger partial charge in [0.2, 0.25) is 0 Å². The maximum absolute atomic E-state index is 12.2. The Bertz CT molecular complexity index is 602. The van der Waals surface area contributed by atoms with Gasteiger partial charge in [-0.1, -0.05) is 41.9 Å². The zero-order chi connectivity index (χ0) is 14.5. The number of hydrogen-bond acceptors (Lipinski definition) is 3. The molecule has 104 valence electrons. The summed E-state index contributed by atoms with van der Waals surface area (Å²) in [7, 11) is 1.50. The van der Waals surface area contributed by atoms with Crippen molar-refractivity contribution in [3.63, 3.8) is 0 Å². The summed E-state index contributed by atoms with van der Waals surface area (Å²) in [5.74, 6) is -0.248. The largest absolute Gasteiger partial charge is 0.367 e. The molecule has 0 saturated heterocycles. The molecule has 1 aromatic heterocycles. The second-order valence-corrected chi connectivity index (χ2v) is 4.71. The van der Waals surface area contributed by atoms with E-state index in [1.54, 1.807) is 6.07 Å². The van der Waals surface area contributed by atoms with Gasteiger partial charge in [-0.2, -0.15) is 0 Å². The van der Waals surface area contributed by atoms with Crippen molar-refractivity contribution in [1.82, 2.24) is 4.98 Å². The van der Waals surface area contributed by atoms with Crippen LogP contribution in [0, 0.1) is 6.92 Å². The molecule has 0 fully saturated rings. The van der Waals surface area contributed by atoms with E-state index in [4.69, 9.17) is 16.3 Å². The molecule has 0 aliphatic rings. The highest BCUT2D eigenvalue weighted by Crippen LogP contribution is 2.20. The number of pyridine rings is 1. The maximum atomic E-state index is 12.2. The number of benzene rings is 1. The summed E-state index contributed by atoms with van der Waals surface area (Å²) in [6.07, 6.45) is 0.859. The van der Waals surface area contributed by atoms with Gasteiger partial charge < -0.3 is 10.1 Å². The number of anilines is 1. The van der Waals surface area contributed by atoms with Crippen LogP contribution in [0.15, 0.2) is 42.6 Å². The summed E-state index contributed by atoms with van der Waals surface area (Å²) < 4.78 is 5.27. The summed E-state index contributed by atoms with van der Waals surface area (Å²) in [6, 6.07) is 11.1. The maximum Gasteiger partial charge on any atom is 0.258 e. The van der Waals surface area contributed by atoms with E-state index in [9.17, 15) is 4.79 Å². The quantitative estimate of drug-likeness (QED) is 0.878. The molecule has 1 atom stereocenters. The molecular weight excluding hydrogens is 276 g/mol. The van der Waals surface area contributed by atoms with Gasteiger partial charge in [0, 0.05) is 7.11 Å². The second-order valence-electron chi connectivity index (χ2n) is 4.35. The Balaban J connectivity index is 2.15. The van der Waals surface area contributed by atoms with Crippen molar-refractivity contribution in [1.29, 1.82) is 0 Å². The highest BCUT2D eigenvalue weighted by atomic mass is 35.5. The zero-order valence-corrected chi connectivity index (χ0v) is 12.0. The van der Waals surface area contributed by atoms with Crippen molar-refractivity contribution in [2.24, 2.45) is 0 Å². The highest BCUT2D eigenvalue weighted by Gasteiger charge is 2.20. The summed E-state index contributed by atoms with van der Waals surface area (Å²) >= 11 is 5.85. The van der Waals surface area contributed by atoms with Gasteiger partial charge in [0.25, 0.3) is 5.91 Å². The molecule has 5 heteroatoms. The van der Waals surface area contributed by atoms with Crippen molar-refractivity contribution >= 4 is 23.2 Å². The lowest BCUT2D eigenvalue weighted by atomic mass is 10.1. The van der Waals surface area contributed by atoms with Gasteiger partial charge in [0.05, 0.1) is 11.9 Å². The first kappa shape index (κ1) is 14.5. The zero-order valence-electron chi connectivity index (χ0n) is 11.3. The predicted molar refractivity (Wildman–Crippen MR) is 78.8 cm³/mol. The van der Waals surface area contributed by atoms with Crippen molar-refractivity contribution in [3.8, 4) is 0 Å². The summed E-state index contributed by atoms with van der Waals surface area (Å²) in [4.78, 5) is 16.2. The minimum absolute atomic E-state index is 0.248. The fraction of sp³-hybridized carbons (Fsp3) is 0.200. The molecule has 2 rings (SSSR count). The van der Waals surface area contributed by atoms with Crippen LogP contribution in [0.2, 0.25) is 5.15 Å². The van der Waals surface area contributed by atoms with E-state index >= 15 is 0 Å². The standard InChI is InChI=1S/C15H15ClN2O2/c1-10-8-12(9-17-14(10)16)18-15(19)13(20-2)11-6-4-3-5-7-11/h3-9,13H,1-2H3,(H,18,19). The van der Waals surface area contributed by atoms with E-state index < -0.39 is 6.10 Å². The first-order chi connectivity index (χ1) is 9.61. The van der Waals surface area contributed by atoms with E-state index in [1.165, 1.54) is 13.3 Å². The number of methoxy groups -OCH3 is 1. The van der Waals surface area contributed by atoms with E-state index in [2.05, 4.69) is 10.3 Å². The van der Waals surface area contributed by atoms with Crippen LogP contribution >= 0.6 is 11.6 Å². The van der Waals surface area contributed by atoms with Gasteiger partial charge in [0.1, 0.15) is 5.15 Å². The van der Waals surface area contributed by atoms with Gasteiger partial charge in [-0.15, -0.1) is 0 Å². The number of hydrogen-bond donors (Lipinski definition) is 1. The lowest BCUT2D eigenvalue weighted by Crippen LogP contribution is -2.22. The SMILES string of the molecule is COC(C(=O)Nc1cnc(Cl)c(C)c1)c1ccccc1. The van der Waals surface area contributed by atoms with Crippen LogP contribution in [0.4, 0.5) is 5.69 Å². The Morgan fingerprint density at radius 3 is 2.65 bits per heavy atom. The van der Waals surface area contributed by atoms with E-state index in [0.29, 0.717) is 10.8 Å². The molecular formula is C15H15ClN2O2. The average molecular weight is 291 g/mol. The number of aromatic nitrogens is 1. The van der Waals surface area contributed by atoms with Crippen molar-refractivity contribution < 1.29 is 9.53 Å². The van der Waals surface area contributed by atoms with Crippen molar-refractivity contribution in [2.75, 3.05) is 12.4 Å². The minimum atomic E-state index is -0.660. The third-order valence-electron chi connectivity index (χ3n) is 2.86. The normalized spacial score (nSPS) is 11.9. The van der Waals surface area contributed by atoms with Gasteiger partial charge in [-0.25, -0.2) is 4.98 Å². The number of carbonyl (C=O) groups excluding carboxylic acids is 1. The van der Waals surface area contributed by atoms with Crippen LogP contribution in [-0.4, -0.2) is 18.0 Å². The number of nitrogens with one attached hydrogen (secondary N) is 1. The number of aryl methyl sites for hydroxylation is 1. The minimum Gasteiger partial charge on any atom is -0.367 e. The fourth-order valence-corrected chi connectivity index (χ4v) is 1.96. The monoisotopic (exact) mass is 290 g/mol. The molecule has 1 aromatic carbocycles. The molecule has 2 aromatic rings. The number of ether oxygens (including phenoxy) is 1. The Hall–Kier alpha value is -1.91. The molecule has 0 bridgehead atoms. The molecule has 1 amide bonds. The van der Waals surface area contributed by atoms with Crippen LogP contribution in [0.1, 0.15) is 17.2 Å². The molecule has 4 nitrogen and oxygen atoms in total. The lowest BCUT2D eigenvalue weighted by Gasteiger charge is -2.15. The van der Waals surface area contributed by atoms with E-state index in [0.717, 1.165) is 11.1 Å². The average Bonchev–Trinajstić information content (AvgIpc) is 2.45. The third kappa shape index (κ3) is 3.35. The predicted octanol–water partition coefficient (Wildman–Crippen LogP) is 3.37. The Labute approximate surface area is 122 Å². The Kier molecular flexibility index (Phi) is 4.71. The van der Waals surface area contributed by atoms with Gasteiger partial charge in [-0.05, 0) is 24.1 Å². The lowest BCUT2D eigenvalue weighted by molar-refractivity contribution is -0.126. The van der Waals surface area contributed by atoms with Crippen LogP contribution < -0.4 is 5.32 Å². The molecule has 1 heterocycles. The molecule has 1 N–H and O–H groups in total. The van der Waals surface area contributed by atoms with Crippen LogP contribution in [-0.2, 0) is 9.53 Å². The van der Waals surface area contributed by atoms with E-state index in [-0.39, 0.29) is 5.91 Å². The molecule has 0 radical (unpaired) electrons. The number of halogens is 1. The second kappa shape index (κ2) is 6.50.